The number of anilines is 2. The molecule has 0 bridgehead atoms. The maximum absolute atomic E-state index is 5.51. The Kier molecular flexibility index (Phi) is 3.28. The van der Waals surface area contributed by atoms with Crippen LogP contribution in [0.4, 0.5) is 11.6 Å². The van der Waals surface area contributed by atoms with Crippen molar-refractivity contribution < 1.29 is 0 Å². The van der Waals surface area contributed by atoms with E-state index >= 15 is 0 Å². The number of aromatic nitrogens is 2. The molecular formula is C15H19N5. The summed E-state index contributed by atoms with van der Waals surface area (Å²) in [7, 11) is 0. The van der Waals surface area contributed by atoms with Gasteiger partial charge in [0.25, 0.3) is 0 Å². The van der Waals surface area contributed by atoms with Gasteiger partial charge < -0.3 is 10.7 Å². The number of benzene rings is 1. The maximum atomic E-state index is 5.51. The lowest BCUT2D eigenvalue weighted by molar-refractivity contribution is 0.306. The second-order valence-corrected chi connectivity index (χ2v) is 5.51. The fourth-order valence-corrected chi connectivity index (χ4v) is 2.44. The van der Waals surface area contributed by atoms with Gasteiger partial charge in [-0.3, -0.25) is 0 Å². The first kappa shape index (κ1) is 12.9. The third-order valence-corrected chi connectivity index (χ3v) is 3.79. The Balaban J connectivity index is 1.94. The normalized spacial score (nSPS) is 16.3. The molecule has 0 aliphatic heterocycles. The van der Waals surface area contributed by atoms with E-state index in [4.69, 9.17) is 5.84 Å². The highest BCUT2D eigenvalue weighted by Crippen LogP contribution is 2.34. The zero-order chi connectivity index (χ0) is 14.0. The van der Waals surface area contributed by atoms with Crippen LogP contribution < -0.4 is 16.6 Å². The van der Waals surface area contributed by atoms with Crippen molar-refractivity contribution in [2.45, 2.75) is 31.7 Å². The monoisotopic (exact) mass is 269 g/mol. The van der Waals surface area contributed by atoms with E-state index in [2.05, 4.69) is 27.6 Å². The molecule has 1 heterocycles. The topological polar surface area (TPSA) is 75.9 Å². The Morgan fingerprint density at radius 1 is 1.10 bits per heavy atom. The lowest BCUT2D eigenvalue weighted by atomic mass is 9.78. The SMILES string of the molecule is CC1(Nc2cc(NN)nc(-c3ccccc3)n2)CCC1. The van der Waals surface area contributed by atoms with Gasteiger partial charge in [0.05, 0.1) is 0 Å². The van der Waals surface area contributed by atoms with Crippen LogP contribution in [0.3, 0.4) is 0 Å². The van der Waals surface area contributed by atoms with E-state index in [9.17, 15) is 0 Å². The van der Waals surface area contributed by atoms with E-state index < -0.39 is 0 Å². The molecule has 1 aliphatic carbocycles. The van der Waals surface area contributed by atoms with Gasteiger partial charge in [0.15, 0.2) is 5.82 Å². The fourth-order valence-electron chi connectivity index (χ4n) is 2.44. The third-order valence-electron chi connectivity index (χ3n) is 3.79. The van der Waals surface area contributed by atoms with Crippen LogP contribution in [0.2, 0.25) is 0 Å². The maximum Gasteiger partial charge on any atom is 0.163 e. The van der Waals surface area contributed by atoms with E-state index in [0.29, 0.717) is 11.6 Å². The molecule has 0 unspecified atom stereocenters. The molecule has 3 rings (SSSR count). The van der Waals surface area contributed by atoms with E-state index in [-0.39, 0.29) is 5.54 Å². The van der Waals surface area contributed by atoms with E-state index in [1.807, 2.05) is 36.4 Å². The number of nitrogens with zero attached hydrogens (tertiary/aromatic N) is 2. The van der Waals surface area contributed by atoms with Crippen molar-refractivity contribution in [3.63, 3.8) is 0 Å². The van der Waals surface area contributed by atoms with Crippen molar-refractivity contribution in [1.82, 2.24) is 9.97 Å². The average molecular weight is 269 g/mol. The van der Waals surface area contributed by atoms with Gasteiger partial charge in [0.1, 0.15) is 11.6 Å². The Labute approximate surface area is 118 Å². The van der Waals surface area contributed by atoms with E-state index in [0.717, 1.165) is 11.4 Å². The Morgan fingerprint density at radius 2 is 1.80 bits per heavy atom. The van der Waals surface area contributed by atoms with Crippen LogP contribution in [-0.4, -0.2) is 15.5 Å². The molecule has 5 nitrogen and oxygen atoms in total. The van der Waals surface area contributed by atoms with Gasteiger partial charge in [-0.05, 0) is 26.2 Å². The first-order valence-electron chi connectivity index (χ1n) is 6.88. The first-order valence-corrected chi connectivity index (χ1v) is 6.88. The molecule has 1 aromatic heterocycles. The predicted octanol–water partition coefficient (Wildman–Crippen LogP) is 2.78. The van der Waals surface area contributed by atoms with Crippen LogP contribution in [0.15, 0.2) is 36.4 Å². The molecule has 0 spiro atoms. The summed E-state index contributed by atoms with van der Waals surface area (Å²) >= 11 is 0. The van der Waals surface area contributed by atoms with Crippen molar-refractivity contribution in [1.29, 1.82) is 0 Å². The average Bonchev–Trinajstić information content (AvgIpc) is 2.46. The van der Waals surface area contributed by atoms with E-state index in [1.54, 1.807) is 0 Å². The Bertz CT molecular complexity index is 592. The standard InChI is InChI=1S/C15H19N5/c1-15(8-5-9-15)19-12-10-13(20-16)18-14(17-12)11-6-3-2-4-7-11/h2-4,6-7,10H,5,8-9,16H2,1H3,(H2,17,18,19,20). The molecule has 5 heteroatoms. The van der Waals surface area contributed by atoms with Crippen LogP contribution in [-0.2, 0) is 0 Å². The molecular weight excluding hydrogens is 250 g/mol. The summed E-state index contributed by atoms with van der Waals surface area (Å²) in [4.78, 5) is 9.01. The van der Waals surface area contributed by atoms with Crippen LogP contribution in [0.5, 0.6) is 0 Å². The first-order chi connectivity index (χ1) is 9.68. The van der Waals surface area contributed by atoms with Crippen molar-refractivity contribution in [2.75, 3.05) is 10.7 Å². The van der Waals surface area contributed by atoms with Gasteiger partial charge in [-0.25, -0.2) is 15.8 Å². The second kappa shape index (κ2) is 5.09. The van der Waals surface area contributed by atoms with Crippen molar-refractivity contribution in [3.8, 4) is 11.4 Å². The summed E-state index contributed by atoms with van der Waals surface area (Å²) in [5, 5.41) is 3.49. The van der Waals surface area contributed by atoms with Gasteiger partial charge >= 0.3 is 0 Å². The second-order valence-electron chi connectivity index (χ2n) is 5.51. The summed E-state index contributed by atoms with van der Waals surface area (Å²) in [6.07, 6.45) is 3.61. The minimum Gasteiger partial charge on any atom is -0.365 e. The lowest BCUT2D eigenvalue weighted by Crippen LogP contribution is -2.41. The van der Waals surface area contributed by atoms with E-state index in [1.165, 1.54) is 19.3 Å². The van der Waals surface area contributed by atoms with Gasteiger partial charge in [0, 0.05) is 17.2 Å². The molecule has 1 saturated carbocycles. The number of nitrogens with one attached hydrogen (secondary N) is 2. The largest absolute Gasteiger partial charge is 0.365 e. The summed E-state index contributed by atoms with van der Waals surface area (Å²) in [5.74, 6) is 7.61. The highest BCUT2D eigenvalue weighted by molar-refractivity contribution is 5.61. The molecule has 0 amide bonds. The quantitative estimate of drug-likeness (QED) is 0.588. The van der Waals surface area contributed by atoms with Crippen molar-refractivity contribution >= 4 is 11.6 Å². The molecule has 1 fully saturated rings. The van der Waals surface area contributed by atoms with Gasteiger partial charge in [-0.2, -0.15) is 0 Å². The minimum atomic E-state index is 0.147. The summed E-state index contributed by atoms with van der Waals surface area (Å²) in [5.41, 5.74) is 3.73. The predicted molar refractivity (Wildman–Crippen MR) is 81.2 cm³/mol. The Hall–Kier alpha value is -2.14. The summed E-state index contributed by atoms with van der Waals surface area (Å²) < 4.78 is 0. The molecule has 0 radical (unpaired) electrons. The van der Waals surface area contributed by atoms with Crippen molar-refractivity contribution in [3.05, 3.63) is 36.4 Å². The molecule has 1 aliphatic rings. The molecule has 0 saturated heterocycles. The van der Waals surface area contributed by atoms with Crippen LogP contribution in [0, 0.1) is 0 Å². The van der Waals surface area contributed by atoms with Crippen LogP contribution in [0.25, 0.3) is 11.4 Å². The molecule has 1 aromatic carbocycles. The van der Waals surface area contributed by atoms with Gasteiger partial charge in [-0.15, -0.1) is 0 Å². The number of rotatable bonds is 4. The van der Waals surface area contributed by atoms with Crippen molar-refractivity contribution in [2.24, 2.45) is 5.84 Å². The number of hydrogen-bond acceptors (Lipinski definition) is 5. The highest BCUT2D eigenvalue weighted by atomic mass is 15.3. The lowest BCUT2D eigenvalue weighted by Gasteiger charge is -2.39. The zero-order valence-electron chi connectivity index (χ0n) is 11.6. The van der Waals surface area contributed by atoms with Crippen LogP contribution in [0.1, 0.15) is 26.2 Å². The molecule has 104 valence electrons. The third kappa shape index (κ3) is 2.58. The minimum absolute atomic E-state index is 0.147. The Morgan fingerprint density at radius 3 is 2.40 bits per heavy atom. The zero-order valence-corrected chi connectivity index (χ0v) is 11.6. The number of hydrogen-bond donors (Lipinski definition) is 3. The molecule has 2 aromatic rings. The summed E-state index contributed by atoms with van der Waals surface area (Å²) in [6.45, 7) is 2.22. The number of nitrogen functional groups attached to an aromatic ring is 1. The smallest absolute Gasteiger partial charge is 0.163 e. The fraction of sp³-hybridized carbons (Fsp3) is 0.333. The highest BCUT2D eigenvalue weighted by Gasteiger charge is 2.31. The van der Waals surface area contributed by atoms with Gasteiger partial charge in [-0.1, -0.05) is 30.3 Å². The molecule has 4 N–H and O–H groups in total. The van der Waals surface area contributed by atoms with Crippen LogP contribution >= 0.6 is 0 Å². The molecule has 20 heavy (non-hydrogen) atoms. The number of hydrazine groups is 1. The molecule has 0 atom stereocenters. The van der Waals surface area contributed by atoms with Gasteiger partial charge in [0.2, 0.25) is 0 Å². The number of nitrogens with two attached hydrogens (primary N) is 1. The summed E-state index contributed by atoms with van der Waals surface area (Å²) in [6, 6.07) is 11.7.